The molecule has 2 heterocycles. The van der Waals surface area contributed by atoms with Gasteiger partial charge in [-0.25, -0.2) is 4.98 Å². The normalized spacial score (nSPS) is 10.9. The van der Waals surface area contributed by atoms with E-state index < -0.39 is 0 Å². The summed E-state index contributed by atoms with van der Waals surface area (Å²) in [5.41, 5.74) is 0.180. The van der Waals surface area contributed by atoms with Crippen LogP contribution in [0.4, 0.5) is 0 Å². The lowest BCUT2D eigenvalue weighted by Crippen LogP contribution is -2.15. The summed E-state index contributed by atoms with van der Waals surface area (Å²) >= 11 is 12.7. The largest absolute Gasteiger partial charge is 0.277 e. The molecule has 0 saturated heterocycles. The molecule has 2 rings (SSSR count). The first-order chi connectivity index (χ1) is 6.24. The fraction of sp³-hybridized carbons (Fsp3) is 0.143. The van der Waals surface area contributed by atoms with Crippen molar-refractivity contribution in [3.63, 3.8) is 0 Å². The van der Waals surface area contributed by atoms with Crippen LogP contribution >= 0.6 is 34.5 Å². The highest BCUT2D eigenvalue weighted by molar-refractivity contribution is 7.15. The highest BCUT2D eigenvalue weighted by Crippen LogP contribution is 2.14. The number of nitrogens with zero attached hydrogens (tertiary/aromatic N) is 2. The monoisotopic (exact) mass is 234 g/mol. The maximum atomic E-state index is 11.5. The molecule has 0 aromatic carbocycles. The minimum Gasteiger partial charge on any atom is -0.267 e. The smallest absolute Gasteiger partial charge is 0.267 e. The van der Waals surface area contributed by atoms with Crippen molar-refractivity contribution in [2.75, 3.05) is 0 Å². The van der Waals surface area contributed by atoms with Crippen LogP contribution < -0.4 is 5.56 Å². The minimum absolute atomic E-state index is 0.103. The molecule has 0 amide bonds. The van der Waals surface area contributed by atoms with Gasteiger partial charge < -0.3 is 0 Å². The van der Waals surface area contributed by atoms with Crippen LogP contribution in [0.3, 0.4) is 0 Å². The van der Waals surface area contributed by atoms with Gasteiger partial charge in [0, 0.05) is 11.6 Å². The molecule has 0 bridgehead atoms. The molecule has 0 N–H and O–H groups in total. The summed E-state index contributed by atoms with van der Waals surface area (Å²) in [6, 6.07) is 0. The van der Waals surface area contributed by atoms with Gasteiger partial charge in [-0.1, -0.05) is 11.6 Å². The van der Waals surface area contributed by atoms with Gasteiger partial charge in [0.05, 0.1) is 11.6 Å². The van der Waals surface area contributed by atoms with Gasteiger partial charge in [-0.15, -0.1) is 22.9 Å². The number of thiazole rings is 1. The van der Waals surface area contributed by atoms with Gasteiger partial charge in [0.2, 0.25) is 0 Å². The molecule has 68 valence electrons. The van der Waals surface area contributed by atoms with Crippen molar-refractivity contribution in [2.45, 2.75) is 5.88 Å². The van der Waals surface area contributed by atoms with E-state index in [-0.39, 0.29) is 16.5 Å². The van der Waals surface area contributed by atoms with Crippen LogP contribution in [0.1, 0.15) is 5.69 Å². The van der Waals surface area contributed by atoms with Crippen molar-refractivity contribution >= 4 is 39.5 Å². The molecule has 0 fully saturated rings. The zero-order chi connectivity index (χ0) is 9.42. The lowest BCUT2D eigenvalue weighted by molar-refractivity contribution is 1.04. The van der Waals surface area contributed by atoms with Crippen molar-refractivity contribution in [1.29, 1.82) is 0 Å². The number of hydrogen-bond acceptors (Lipinski definition) is 3. The first kappa shape index (κ1) is 8.99. The summed E-state index contributed by atoms with van der Waals surface area (Å²) in [7, 11) is 0. The fourth-order valence-corrected chi connectivity index (χ4v) is 2.18. The molecule has 6 heteroatoms. The standard InChI is InChI=1S/C7H4Cl2N2OS/c8-3-4-5(9)6(12)11-1-2-13-7(11)10-4/h1-2H,3H2. The second-order valence-corrected chi connectivity index (χ2v) is 3.89. The highest BCUT2D eigenvalue weighted by Gasteiger charge is 2.09. The van der Waals surface area contributed by atoms with Crippen LogP contribution in [-0.2, 0) is 5.88 Å². The Hall–Kier alpha value is -0.580. The van der Waals surface area contributed by atoms with E-state index in [1.165, 1.54) is 15.7 Å². The van der Waals surface area contributed by atoms with E-state index in [1.807, 2.05) is 0 Å². The van der Waals surface area contributed by atoms with E-state index in [9.17, 15) is 4.79 Å². The SMILES string of the molecule is O=c1c(Cl)c(CCl)nc2sccn12. The molecule has 0 radical (unpaired) electrons. The predicted molar refractivity (Wildman–Crippen MR) is 53.9 cm³/mol. The van der Waals surface area contributed by atoms with E-state index >= 15 is 0 Å². The van der Waals surface area contributed by atoms with Crippen molar-refractivity contribution in [3.05, 3.63) is 32.6 Å². The van der Waals surface area contributed by atoms with Crippen molar-refractivity contribution in [1.82, 2.24) is 9.38 Å². The quantitative estimate of drug-likeness (QED) is 0.709. The molecule has 0 atom stereocenters. The number of fused-ring (bicyclic) bond motifs is 1. The van der Waals surface area contributed by atoms with E-state index in [0.717, 1.165) is 0 Å². The average molecular weight is 235 g/mol. The zero-order valence-corrected chi connectivity index (χ0v) is 8.66. The number of aromatic nitrogens is 2. The minimum atomic E-state index is -0.261. The Kier molecular flexibility index (Phi) is 2.27. The topological polar surface area (TPSA) is 34.4 Å². The first-order valence-electron chi connectivity index (χ1n) is 3.44. The summed E-state index contributed by atoms with van der Waals surface area (Å²) in [4.78, 5) is 16.3. The molecule has 13 heavy (non-hydrogen) atoms. The molecule has 2 aromatic heterocycles. The van der Waals surface area contributed by atoms with Crippen LogP contribution in [0.2, 0.25) is 5.02 Å². The van der Waals surface area contributed by atoms with Crippen molar-refractivity contribution in [2.24, 2.45) is 0 Å². The maximum Gasteiger partial charge on any atom is 0.277 e. The van der Waals surface area contributed by atoms with E-state index in [2.05, 4.69) is 4.98 Å². The van der Waals surface area contributed by atoms with Crippen molar-refractivity contribution < 1.29 is 0 Å². The van der Waals surface area contributed by atoms with Crippen molar-refractivity contribution in [3.8, 4) is 0 Å². The Morgan fingerprint density at radius 1 is 1.62 bits per heavy atom. The Balaban J connectivity index is 2.92. The van der Waals surface area contributed by atoms with Gasteiger partial charge in [-0.2, -0.15) is 0 Å². The van der Waals surface area contributed by atoms with E-state index in [0.29, 0.717) is 10.7 Å². The second-order valence-electron chi connectivity index (χ2n) is 2.37. The number of rotatable bonds is 1. The average Bonchev–Trinajstić information content (AvgIpc) is 2.59. The maximum absolute atomic E-state index is 11.5. The van der Waals surface area contributed by atoms with Gasteiger partial charge in [0.15, 0.2) is 4.96 Å². The van der Waals surface area contributed by atoms with Crippen LogP contribution in [0.15, 0.2) is 16.4 Å². The molecule has 0 unspecified atom stereocenters. The first-order valence-corrected chi connectivity index (χ1v) is 5.23. The molecular formula is C7H4Cl2N2OS. The fourth-order valence-electron chi connectivity index (χ4n) is 0.990. The van der Waals surface area contributed by atoms with Crippen LogP contribution in [-0.4, -0.2) is 9.38 Å². The van der Waals surface area contributed by atoms with E-state index in [4.69, 9.17) is 23.2 Å². The van der Waals surface area contributed by atoms with Crippen LogP contribution in [0.25, 0.3) is 4.96 Å². The summed E-state index contributed by atoms with van der Waals surface area (Å²) in [6.45, 7) is 0. The number of alkyl halides is 1. The summed E-state index contributed by atoms with van der Waals surface area (Å²) < 4.78 is 1.41. The van der Waals surface area contributed by atoms with E-state index in [1.54, 1.807) is 11.6 Å². The predicted octanol–water partition coefficient (Wildman–Crippen LogP) is 2.15. The summed E-state index contributed by atoms with van der Waals surface area (Å²) in [5, 5.41) is 1.88. The summed E-state index contributed by atoms with van der Waals surface area (Å²) in [5.74, 6) is 0.155. The third-order valence-electron chi connectivity index (χ3n) is 1.61. The Labute approximate surface area is 87.6 Å². The summed E-state index contributed by atoms with van der Waals surface area (Å²) in [6.07, 6.45) is 1.64. The molecule has 0 aliphatic carbocycles. The van der Waals surface area contributed by atoms with Crippen LogP contribution in [0.5, 0.6) is 0 Å². The lowest BCUT2D eigenvalue weighted by Gasteiger charge is -1.98. The van der Waals surface area contributed by atoms with Gasteiger partial charge in [0.1, 0.15) is 5.02 Å². The molecular weight excluding hydrogens is 231 g/mol. The third-order valence-corrected chi connectivity index (χ3v) is 3.00. The van der Waals surface area contributed by atoms with Crippen LogP contribution in [0, 0.1) is 0 Å². The van der Waals surface area contributed by atoms with Gasteiger partial charge in [0.25, 0.3) is 5.56 Å². The van der Waals surface area contributed by atoms with Gasteiger partial charge >= 0.3 is 0 Å². The zero-order valence-electron chi connectivity index (χ0n) is 6.33. The molecule has 0 aliphatic rings. The van der Waals surface area contributed by atoms with Gasteiger partial charge in [-0.05, 0) is 0 Å². The Morgan fingerprint density at radius 3 is 3.08 bits per heavy atom. The number of hydrogen-bond donors (Lipinski definition) is 0. The molecule has 0 saturated carbocycles. The highest BCUT2D eigenvalue weighted by atomic mass is 35.5. The second kappa shape index (κ2) is 3.29. The Morgan fingerprint density at radius 2 is 2.38 bits per heavy atom. The molecule has 2 aromatic rings. The Bertz CT molecular complexity index is 505. The lowest BCUT2D eigenvalue weighted by atomic mass is 10.4. The molecule has 3 nitrogen and oxygen atoms in total. The molecule has 0 spiro atoms. The van der Waals surface area contributed by atoms with Gasteiger partial charge in [-0.3, -0.25) is 9.20 Å². The number of halogens is 2. The third kappa shape index (κ3) is 1.35. The molecule has 0 aliphatic heterocycles.